The number of carbonyl (C=O) groups excluding carboxylic acids is 1. The van der Waals surface area contributed by atoms with Crippen molar-refractivity contribution in [3.05, 3.63) is 10.4 Å². The molecule has 0 spiro atoms. The van der Waals surface area contributed by atoms with E-state index in [0.29, 0.717) is 0 Å². The summed E-state index contributed by atoms with van der Waals surface area (Å²) in [5, 5.41) is 3.43. The Hall–Kier alpha value is -1.30. The van der Waals surface area contributed by atoms with Crippen LogP contribution in [0, 0.1) is 0 Å². The van der Waals surface area contributed by atoms with Gasteiger partial charge >= 0.3 is 5.97 Å². The van der Waals surface area contributed by atoms with Gasteiger partial charge in [-0.1, -0.05) is 5.11 Å². The minimum atomic E-state index is -0.750. The zero-order chi connectivity index (χ0) is 12.2. The van der Waals surface area contributed by atoms with Gasteiger partial charge in [-0.05, 0) is 19.4 Å². The Morgan fingerprint density at radius 3 is 2.69 bits per heavy atom. The topological polar surface area (TPSA) is 93.5 Å². The van der Waals surface area contributed by atoms with Crippen LogP contribution in [0.3, 0.4) is 0 Å². The molecule has 7 heteroatoms. The van der Waals surface area contributed by atoms with E-state index in [-0.39, 0.29) is 25.2 Å². The molecule has 7 nitrogen and oxygen atoms in total. The highest BCUT2D eigenvalue weighted by molar-refractivity contribution is 5.65. The van der Waals surface area contributed by atoms with Crippen molar-refractivity contribution in [2.24, 2.45) is 5.11 Å². The minimum absolute atomic E-state index is 0.102. The van der Waals surface area contributed by atoms with Crippen molar-refractivity contribution in [3.8, 4) is 0 Å². The Kier molecular flexibility index (Phi) is 4.12. The zero-order valence-corrected chi connectivity index (χ0v) is 9.54. The Labute approximate surface area is 93.3 Å². The maximum absolute atomic E-state index is 10.7. The van der Waals surface area contributed by atoms with Crippen molar-refractivity contribution in [2.75, 3.05) is 13.2 Å². The van der Waals surface area contributed by atoms with Crippen LogP contribution >= 0.6 is 0 Å². The van der Waals surface area contributed by atoms with Crippen LogP contribution in [0.4, 0.5) is 0 Å². The smallest absolute Gasteiger partial charge is 0.302 e. The summed E-state index contributed by atoms with van der Waals surface area (Å²) in [7, 11) is 0. The molecule has 90 valence electrons. The van der Waals surface area contributed by atoms with Gasteiger partial charge in [0, 0.05) is 11.8 Å². The van der Waals surface area contributed by atoms with E-state index < -0.39 is 11.9 Å². The van der Waals surface area contributed by atoms with Gasteiger partial charge in [0.05, 0.1) is 12.6 Å². The highest BCUT2D eigenvalue weighted by Crippen LogP contribution is 2.28. The summed E-state index contributed by atoms with van der Waals surface area (Å²) in [6.45, 7) is 5.09. The number of hydrogen-bond donors (Lipinski definition) is 0. The maximum Gasteiger partial charge on any atom is 0.302 e. The average molecular weight is 229 g/mol. The number of carbonyl (C=O) groups is 1. The first-order valence-electron chi connectivity index (χ1n) is 4.94. The SMILES string of the molecule is CC(=O)OC[C@H]1OC(C)(C)O[C@@H]1CN=[N+]=[N-]. The molecule has 1 saturated heterocycles. The van der Waals surface area contributed by atoms with Crippen LogP contribution in [-0.4, -0.2) is 37.1 Å². The van der Waals surface area contributed by atoms with Gasteiger partial charge < -0.3 is 14.2 Å². The first kappa shape index (κ1) is 12.8. The van der Waals surface area contributed by atoms with Gasteiger partial charge in [0.15, 0.2) is 5.79 Å². The zero-order valence-electron chi connectivity index (χ0n) is 9.54. The molecule has 0 bridgehead atoms. The molecule has 0 amide bonds. The summed E-state index contributed by atoms with van der Waals surface area (Å²) in [6.07, 6.45) is -0.783. The third kappa shape index (κ3) is 3.69. The van der Waals surface area contributed by atoms with Gasteiger partial charge in [-0.15, -0.1) is 0 Å². The van der Waals surface area contributed by atoms with E-state index in [2.05, 4.69) is 10.0 Å². The van der Waals surface area contributed by atoms with Crippen LogP contribution in [0.1, 0.15) is 20.8 Å². The summed E-state index contributed by atoms with van der Waals surface area (Å²) < 4.78 is 15.9. The molecule has 1 aliphatic heterocycles. The standard InChI is InChI=1S/C9H15N3O4/c1-6(13)14-5-8-7(4-11-12-10)15-9(2,3)16-8/h7-8H,4-5H2,1-3H3/t7-,8-/m1/s1. The van der Waals surface area contributed by atoms with Crippen molar-refractivity contribution >= 4 is 5.97 Å². The predicted molar refractivity (Wildman–Crippen MR) is 54.5 cm³/mol. The van der Waals surface area contributed by atoms with Crippen molar-refractivity contribution < 1.29 is 19.0 Å². The summed E-state index contributed by atoms with van der Waals surface area (Å²) >= 11 is 0. The van der Waals surface area contributed by atoms with Crippen LogP contribution in [0.2, 0.25) is 0 Å². The monoisotopic (exact) mass is 229 g/mol. The molecule has 0 aromatic carbocycles. The third-order valence-electron chi connectivity index (χ3n) is 2.06. The number of azide groups is 1. The molecule has 0 radical (unpaired) electrons. The van der Waals surface area contributed by atoms with Gasteiger partial charge in [0.2, 0.25) is 0 Å². The molecule has 1 rings (SSSR count). The lowest BCUT2D eigenvalue weighted by atomic mass is 10.2. The quantitative estimate of drug-likeness (QED) is 0.315. The predicted octanol–water partition coefficient (Wildman–Crippen LogP) is 1.38. The van der Waals surface area contributed by atoms with E-state index in [0.717, 1.165) is 0 Å². The normalized spacial score (nSPS) is 27.2. The number of nitrogens with zero attached hydrogens (tertiary/aromatic N) is 3. The van der Waals surface area contributed by atoms with Crippen molar-refractivity contribution in [2.45, 2.75) is 38.8 Å². The minimum Gasteiger partial charge on any atom is -0.463 e. The van der Waals surface area contributed by atoms with Gasteiger partial charge in [-0.25, -0.2) is 0 Å². The highest BCUT2D eigenvalue weighted by Gasteiger charge is 2.41. The molecule has 0 aromatic rings. The lowest BCUT2D eigenvalue weighted by Gasteiger charge is -2.16. The summed E-state index contributed by atoms with van der Waals surface area (Å²) in [5.41, 5.74) is 8.24. The van der Waals surface area contributed by atoms with E-state index in [9.17, 15) is 4.79 Å². The van der Waals surface area contributed by atoms with Crippen LogP contribution in [0.25, 0.3) is 10.4 Å². The molecule has 2 atom stereocenters. The molecule has 0 saturated carbocycles. The molecular weight excluding hydrogens is 214 g/mol. The maximum atomic E-state index is 10.7. The molecule has 0 aromatic heterocycles. The van der Waals surface area contributed by atoms with Crippen LogP contribution in [0.5, 0.6) is 0 Å². The average Bonchev–Trinajstić information content (AvgIpc) is 2.47. The van der Waals surface area contributed by atoms with E-state index in [1.54, 1.807) is 13.8 Å². The van der Waals surface area contributed by atoms with Crippen LogP contribution in [0.15, 0.2) is 5.11 Å². The number of hydrogen-bond acceptors (Lipinski definition) is 5. The summed E-state index contributed by atoms with van der Waals surface area (Å²) in [6, 6.07) is 0. The fraction of sp³-hybridized carbons (Fsp3) is 0.889. The Bertz CT molecular complexity index is 312. The molecule has 0 unspecified atom stereocenters. The third-order valence-corrected chi connectivity index (χ3v) is 2.06. The Morgan fingerprint density at radius 2 is 2.12 bits per heavy atom. The molecule has 16 heavy (non-hydrogen) atoms. The molecular formula is C9H15N3O4. The molecule has 1 heterocycles. The van der Waals surface area contributed by atoms with Gasteiger partial charge in [0.25, 0.3) is 0 Å². The Morgan fingerprint density at radius 1 is 1.50 bits per heavy atom. The fourth-order valence-corrected chi connectivity index (χ4v) is 1.52. The molecule has 0 aliphatic carbocycles. The lowest BCUT2D eigenvalue weighted by molar-refractivity contribution is -0.158. The second kappa shape index (κ2) is 5.16. The van der Waals surface area contributed by atoms with Crippen LogP contribution < -0.4 is 0 Å². The largest absolute Gasteiger partial charge is 0.463 e. The second-order valence-corrected chi connectivity index (χ2v) is 3.93. The van der Waals surface area contributed by atoms with E-state index in [4.69, 9.17) is 19.7 Å². The first-order valence-corrected chi connectivity index (χ1v) is 4.94. The van der Waals surface area contributed by atoms with Crippen LogP contribution in [-0.2, 0) is 19.0 Å². The van der Waals surface area contributed by atoms with E-state index in [1.165, 1.54) is 6.92 Å². The van der Waals surface area contributed by atoms with E-state index >= 15 is 0 Å². The number of ether oxygens (including phenoxy) is 3. The van der Waals surface area contributed by atoms with E-state index in [1.807, 2.05) is 0 Å². The summed E-state index contributed by atoms with van der Waals surface area (Å²) in [5.74, 6) is -1.13. The fourth-order valence-electron chi connectivity index (χ4n) is 1.52. The molecule has 0 N–H and O–H groups in total. The van der Waals surface area contributed by atoms with Gasteiger partial charge in [0.1, 0.15) is 12.7 Å². The first-order chi connectivity index (χ1) is 7.44. The van der Waals surface area contributed by atoms with Crippen molar-refractivity contribution in [1.82, 2.24) is 0 Å². The Balaban J connectivity index is 2.56. The molecule has 1 fully saturated rings. The van der Waals surface area contributed by atoms with Gasteiger partial charge in [-0.2, -0.15) is 0 Å². The van der Waals surface area contributed by atoms with Gasteiger partial charge in [-0.3, -0.25) is 4.79 Å². The number of rotatable bonds is 4. The van der Waals surface area contributed by atoms with Crippen molar-refractivity contribution in [3.63, 3.8) is 0 Å². The molecule has 1 aliphatic rings. The van der Waals surface area contributed by atoms with Crippen molar-refractivity contribution in [1.29, 1.82) is 0 Å². The highest BCUT2D eigenvalue weighted by atomic mass is 16.8. The second-order valence-electron chi connectivity index (χ2n) is 3.93. The lowest BCUT2D eigenvalue weighted by Crippen LogP contribution is -2.30. The number of esters is 1. The summed E-state index contributed by atoms with van der Waals surface area (Å²) in [4.78, 5) is 13.3.